The Morgan fingerprint density at radius 3 is 2.04 bits per heavy atom. The van der Waals surface area contributed by atoms with E-state index in [0.717, 1.165) is 22.3 Å². The maximum atomic E-state index is 15.9. The topological polar surface area (TPSA) is 121 Å². The van der Waals surface area contributed by atoms with Crippen molar-refractivity contribution in [3.05, 3.63) is 131 Å². The molecule has 0 bridgehead atoms. The molecule has 1 unspecified atom stereocenters. The Kier molecular flexibility index (Phi) is 9.90. The maximum Gasteiger partial charge on any atom is 0.265 e. The van der Waals surface area contributed by atoms with Crippen LogP contribution >= 0.6 is 0 Å². The Balaban J connectivity index is 1.28. The number of hydrogen-bond acceptors (Lipinski definition) is 10. The van der Waals surface area contributed by atoms with Gasteiger partial charge in [0.2, 0.25) is 5.78 Å². The van der Waals surface area contributed by atoms with Crippen LogP contribution in [0.15, 0.2) is 102 Å². The van der Waals surface area contributed by atoms with Crippen molar-refractivity contribution in [3.8, 4) is 22.9 Å². The molecular formula is C46H49N3O7Si. The molecule has 294 valence electrons. The summed E-state index contributed by atoms with van der Waals surface area (Å²) in [6, 6.07) is 28.4. The fraction of sp³-hybridized carbons (Fsp3) is 0.370. The summed E-state index contributed by atoms with van der Waals surface area (Å²) in [6.07, 6.45) is 2.31. The van der Waals surface area contributed by atoms with Gasteiger partial charge in [-0.25, -0.2) is 0 Å². The van der Waals surface area contributed by atoms with Crippen LogP contribution in [-0.2, 0) is 28.9 Å². The van der Waals surface area contributed by atoms with E-state index in [4.69, 9.17) is 23.4 Å². The molecule has 0 aliphatic heterocycles. The van der Waals surface area contributed by atoms with Crippen LogP contribution in [0.4, 0.5) is 0 Å². The van der Waals surface area contributed by atoms with Crippen LogP contribution in [0.2, 0.25) is 18.1 Å². The molecule has 2 aromatic heterocycles. The highest BCUT2D eigenvalue weighted by Crippen LogP contribution is 2.59. The molecule has 0 amide bonds. The number of nitrogens with zero attached hydrogens (tertiary/aromatic N) is 3. The number of pyridine rings is 1. The minimum atomic E-state index is -2.91. The van der Waals surface area contributed by atoms with Gasteiger partial charge in [-0.15, -0.1) is 0 Å². The van der Waals surface area contributed by atoms with E-state index in [1.54, 1.807) is 6.20 Å². The van der Waals surface area contributed by atoms with Crippen LogP contribution < -0.4 is 9.47 Å². The van der Waals surface area contributed by atoms with Crippen molar-refractivity contribution in [3.63, 3.8) is 0 Å². The van der Waals surface area contributed by atoms with Crippen LogP contribution in [0.5, 0.6) is 11.6 Å². The zero-order valence-electron chi connectivity index (χ0n) is 33.6. The Hall–Kier alpha value is -5.23. The number of ketones is 3. The van der Waals surface area contributed by atoms with Crippen molar-refractivity contribution in [2.45, 2.75) is 76.6 Å². The summed E-state index contributed by atoms with van der Waals surface area (Å²) in [5.41, 5.74) is 2.51. The second kappa shape index (κ2) is 14.6. The average molecular weight is 784 g/mol. The number of aromatic nitrogens is 2. The normalized spacial score (nSPS) is 23.1. The highest BCUT2D eigenvalue weighted by Gasteiger charge is 2.70. The molecule has 10 nitrogen and oxygen atoms in total. The van der Waals surface area contributed by atoms with Gasteiger partial charge >= 0.3 is 0 Å². The number of carbonyl (C=O) groups is 3. The number of fused-ring (bicyclic) bond motifs is 4. The van der Waals surface area contributed by atoms with Crippen molar-refractivity contribution in [1.82, 2.24) is 15.0 Å². The monoisotopic (exact) mass is 783 g/mol. The van der Waals surface area contributed by atoms with Crippen LogP contribution in [0.1, 0.15) is 76.4 Å². The van der Waals surface area contributed by atoms with Gasteiger partial charge in [0.05, 0.1) is 29.4 Å². The van der Waals surface area contributed by atoms with Gasteiger partial charge in [-0.3, -0.25) is 24.3 Å². The Bertz CT molecular complexity index is 2320. The lowest BCUT2D eigenvalue weighted by molar-refractivity contribution is -0.151. The highest BCUT2D eigenvalue weighted by atomic mass is 28.4. The van der Waals surface area contributed by atoms with Crippen LogP contribution in [0.3, 0.4) is 0 Å². The number of Topliss-reactive ketones (excluding diaryl/α,β-unsaturated/α-hetero) is 3. The van der Waals surface area contributed by atoms with Gasteiger partial charge in [0.1, 0.15) is 24.5 Å². The third kappa shape index (κ3) is 6.55. The summed E-state index contributed by atoms with van der Waals surface area (Å²) in [6.45, 7) is 10.7. The van der Waals surface area contributed by atoms with Gasteiger partial charge in [0.25, 0.3) is 5.88 Å². The average Bonchev–Trinajstić information content (AvgIpc) is 3.61. The largest absolute Gasteiger partial charge is 0.487 e. The van der Waals surface area contributed by atoms with Gasteiger partial charge in [-0.1, -0.05) is 112 Å². The van der Waals surface area contributed by atoms with E-state index in [-0.39, 0.29) is 35.5 Å². The van der Waals surface area contributed by atoms with Crippen molar-refractivity contribution in [2.24, 2.45) is 17.8 Å². The fourth-order valence-electron chi connectivity index (χ4n) is 8.74. The second-order valence-electron chi connectivity index (χ2n) is 17.3. The first-order valence-electron chi connectivity index (χ1n) is 19.6. The number of ether oxygens (including phenoxy) is 2. The number of hydrogen-bond donors (Lipinski definition) is 0. The van der Waals surface area contributed by atoms with E-state index in [0.29, 0.717) is 35.6 Å². The Morgan fingerprint density at radius 1 is 0.842 bits per heavy atom. The van der Waals surface area contributed by atoms with Crippen molar-refractivity contribution in [2.75, 3.05) is 14.1 Å². The second-order valence-corrected chi connectivity index (χ2v) is 22.0. The SMILES string of the molecule is CN(C)[C@@H]1c2onc(OCc3ccccc3)c2C(=O)[C@@]2(O[Si](C)(C)C(C)(C)C)C(=O)C3C(=O)c4c(OCc5ccccc5)cnc(-c5ccccc5)c4C[C@H]3C[C@@H]12. The molecular weight excluding hydrogens is 735 g/mol. The molecule has 5 aromatic rings. The van der Waals surface area contributed by atoms with Crippen molar-refractivity contribution >= 4 is 25.7 Å². The molecule has 3 aliphatic rings. The first-order chi connectivity index (χ1) is 27.2. The molecule has 1 fully saturated rings. The van der Waals surface area contributed by atoms with E-state index < -0.39 is 49.3 Å². The van der Waals surface area contributed by atoms with Gasteiger partial charge < -0.3 is 18.4 Å². The summed E-state index contributed by atoms with van der Waals surface area (Å²) >= 11 is 0. The third-order valence-corrected chi connectivity index (χ3v) is 17.0. The molecule has 1 saturated carbocycles. The Labute approximate surface area is 334 Å². The molecule has 11 heteroatoms. The minimum Gasteiger partial charge on any atom is -0.487 e. The summed E-state index contributed by atoms with van der Waals surface area (Å²) in [4.78, 5) is 53.6. The molecule has 3 aliphatic carbocycles. The first kappa shape index (κ1) is 38.6. The summed E-state index contributed by atoms with van der Waals surface area (Å²) < 4.78 is 25.9. The molecule has 8 rings (SSSR count). The molecule has 2 heterocycles. The molecule has 0 radical (unpaired) electrons. The van der Waals surface area contributed by atoms with Crippen LogP contribution in [0.25, 0.3) is 11.3 Å². The maximum absolute atomic E-state index is 15.9. The van der Waals surface area contributed by atoms with Gasteiger partial charge in [-0.05, 0) is 72.8 Å². The van der Waals surface area contributed by atoms with Gasteiger partial charge in [0.15, 0.2) is 31.2 Å². The molecule has 0 saturated heterocycles. The predicted molar refractivity (Wildman–Crippen MR) is 218 cm³/mol. The van der Waals surface area contributed by atoms with E-state index in [2.05, 4.69) is 25.9 Å². The number of benzene rings is 3. The van der Waals surface area contributed by atoms with E-state index >= 15 is 14.4 Å². The lowest BCUT2D eigenvalue weighted by Gasteiger charge is -2.56. The van der Waals surface area contributed by atoms with Gasteiger partial charge in [0, 0.05) is 11.5 Å². The zero-order chi connectivity index (χ0) is 40.3. The third-order valence-electron chi connectivity index (χ3n) is 12.5. The first-order valence-corrected chi connectivity index (χ1v) is 22.5. The van der Waals surface area contributed by atoms with Gasteiger partial charge in [-0.2, -0.15) is 0 Å². The zero-order valence-corrected chi connectivity index (χ0v) is 34.6. The van der Waals surface area contributed by atoms with E-state index in [1.165, 1.54) is 0 Å². The van der Waals surface area contributed by atoms with E-state index in [1.807, 2.05) is 123 Å². The standard InChI is InChI=1S/C46H49N3O7Si/c1-45(2,3)57(6,7)56-46-33(39(49(4)5)41-37(43(46)52)44(48-55-41)54-27-29-19-13-9-14-20-29)24-31-23-32-36(40(50)35(31)42(46)51)34(53-26-28-17-11-8-12-18-28)25-47-38(32)30-21-15-10-16-22-30/h8-22,25,31,33,35,39H,23-24,26-27H2,1-7H3/t31-,33-,35?,39-,46-/m0/s1. The predicted octanol–water partition coefficient (Wildman–Crippen LogP) is 8.71. The summed E-state index contributed by atoms with van der Waals surface area (Å²) in [5.74, 6) is -3.10. The Morgan fingerprint density at radius 2 is 1.44 bits per heavy atom. The summed E-state index contributed by atoms with van der Waals surface area (Å²) in [7, 11) is 0.896. The van der Waals surface area contributed by atoms with Crippen molar-refractivity contribution < 1.29 is 32.8 Å². The van der Waals surface area contributed by atoms with Crippen LogP contribution in [-0.4, -0.2) is 60.4 Å². The minimum absolute atomic E-state index is 0.00720. The molecule has 0 N–H and O–H groups in total. The molecule has 5 atom stereocenters. The van der Waals surface area contributed by atoms with Crippen molar-refractivity contribution in [1.29, 1.82) is 0 Å². The molecule has 0 spiro atoms. The van der Waals surface area contributed by atoms with E-state index in [9.17, 15) is 0 Å². The smallest absolute Gasteiger partial charge is 0.265 e. The number of rotatable bonds is 10. The number of carbonyl (C=O) groups excluding carboxylic acids is 3. The highest BCUT2D eigenvalue weighted by molar-refractivity contribution is 6.74. The molecule has 57 heavy (non-hydrogen) atoms. The molecule has 3 aromatic carbocycles. The lowest BCUT2D eigenvalue weighted by atomic mass is 9.54. The quantitative estimate of drug-likeness (QED) is 0.100. The fourth-order valence-corrected chi connectivity index (χ4v) is 10.2. The lowest BCUT2D eigenvalue weighted by Crippen LogP contribution is -2.70. The summed E-state index contributed by atoms with van der Waals surface area (Å²) in [5, 5.41) is 3.93. The van der Waals surface area contributed by atoms with Crippen LogP contribution in [0, 0.1) is 17.8 Å².